The minimum Gasteiger partial charge on any atom is -0.313 e. The third kappa shape index (κ3) is 4.16. The van der Waals surface area contributed by atoms with Crippen molar-refractivity contribution in [2.45, 2.75) is 38.3 Å². The van der Waals surface area contributed by atoms with Crippen molar-refractivity contribution in [2.75, 3.05) is 6.54 Å². The van der Waals surface area contributed by atoms with Crippen LogP contribution in [-0.4, -0.2) is 27.1 Å². The molecule has 1 aromatic carbocycles. The number of hydrogen-bond acceptors (Lipinski definition) is 5. The van der Waals surface area contributed by atoms with Gasteiger partial charge < -0.3 is 5.32 Å². The number of aromatic nitrogens is 3. The summed E-state index contributed by atoms with van der Waals surface area (Å²) < 4.78 is 15.6. The lowest BCUT2D eigenvalue weighted by molar-refractivity contribution is 0.465. The fraction of sp³-hybridized carbons (Fsp3) is 0.292. The van der Waals surface area contributed by atoms with Gasteiger partial charge in [0, 0.05) is 41.3 Å². The number of hydrogen-bond donors (Lipinski definition) is 1. The van der Waals surface area contributed by atoms with Crippen LogP contribution in [0.15, 0.2) is 59.8 Å². The van der Waals surface area contributed by atoms with E-state index in [1.54, 1.807) is 35.9 Å². The Morgan fingerprint density at radius 2 is 2.03 bits per heavy atom. The summed E-state index contributed by atoms with van der Waals surface area (Å²) >= 11 is 1.61. The van der Waals surface area contributed by atoms with E-state index in [4.69, 9.17) is 0 Å². The van der Waals surface area contributed by atoms with E-state index in [2.05, 4.69) is 15.3 Å². The Balaban J connectivity index is 1.33. The minimum absolute atomic E-state index is 0.0766. The summed E-state index contributed by atoms with van der Waals surface area (Å²) in [5.74, 6) is -0.304. The number of nitrogens with one attached hydrogen (secondary N) is 1. The molecule has 7 heteroatoms. The predicted octanol–water partition coefficient (Wildman–Crippen LogP) is 3.73. The number of thiophene rings is 1. The third-order valence-corrected chi connectivity index (χ3v) is 7.04. The highest BCUT2D eigenvalue weighted by Gasteiger charge is 2.25. The molecule has 0 saturated heterocycles. The first-order chi connectivity index (χ1) is 15.2. The van der Waals surface area contributed by atoms with Crippen LogP contribution < -0.4 is 10.9 Å². The van der Waals surface area contributed by atoms with Gasteiger partial charge in [0.25, 0.3) is 5.56 Å². The van der Waals surface area contributed by atoms with Crippen molar-refractivity contribution < 1.29 is 4.39 Å². The fourth-order valence-corrected chi connectivity index (χ4v) is 5.51. The van der Waals surface area contributed by atoms with E-state index in [-0.39, 0.29) is 17.9 Å². The molecule has 5 rings (SSSR count). The molecule has 31 heavy (non-hydrogen) atoms. The molecule has 1 aliphatic carbocycles. The zero-order valence-electron chi connectivity index (χ0n) is 17.1. The largest absolute Gasteiger partial charge is 0.313 e. The second-order valence-electron chi connectivity index (χ2n) is 7.92. The Morgan fingerprint density at radius 3 is 2.87 bits per heavy atom. The second-order valence-corrected chi connectivity index (χ2v) is 9.00. The van der Waals surface area contributed by atoms with Gasteiger partial charge in [0.05, 0.1) is 18.3 Å². The van der Waals surface area contributed by atoms with Gasteiger partial charge in [-0.2, -0.15) is 0 Å². The highest BCUT2D eigenvalue weighted by molar-refractivity contribution is 7.18. The Morgan fingerprint density at radius 1 is 1.16 bits per heavy atom. The molecule has 1 aliphatic rings. The number of rotatable bonds is 6. The topological polar surface area (TPSA) is 59.8 Å². The van der Waals surface area contributed by atoms with Crippen molar-refractivity contribution in [3.8, 4) is 0 Å². The summed E-state index contributed by atoms with van der Waals surface area (Å²) in [7, 11) is 0. The second kappa shape index (κ2) is 8.69. The number of fused-ring (bicyclic) bond motifs is 3. The van der Waals surface area contributed by atoms with Crippen molar-refractivity contribution in [1.29, 1.82) is 0 Å². The predicted molar refractivity (Wildman–Crippen MR) is 121 cm³/mol. The monoisotopic (exact) mass is 434 g/mol. The van der Waals surface area contributed by atoms with Crippen LogP contribution in [0.25, 0.3) is 10.2 Å². The first-order valence-electron chi connectivity index (χ1n) is 10.6. The zero-order valence-corrected chi connectivity index (χ0v) is 17.9. The van der Waals surface area contributed by atoms with E-state index < -0.39 is 0 Å². The van der Waals surface area contributed by atoms with Crippen LogP contribution in [0.2, 0.25) is 0 Å². The molecule has 1 atom stereocenters. The molecular weight excluding hydrogens is 411 g/mol. The maximum Gasteiger partial charge on any atom is 0.262 e. The molecule has 0 fully saturated rings. The first-order valence-corrected chi connectivity index (χ1v) is 11.4. The molecule has 0 spiro atoms. The van der Waals surface area contributed by atoms with Gasteiger partial charge in [-0.3, -0.25) is 14.3 Å². The first kappa shape index (κ1) is 20.0. The average molecular weight is 435 g/mol. The zero-order chi connectivity index (χ0) is 21.2. The maximum absolute atomic E-state index is 14.0. The van der Waals surface area contributed by atoms with E-state index in [1.807, 2.05) is 24.4 Å². The highest BCUT2D eigenvalue weighted by Crippen LogP contribution is 2.33. The van der Waals surface area contributed by atoms with Gasteiger partial charge in [0.1, 0.15) is 10.6 Å². The van der Waals surface area contributed by atoms with Crippen LogP contribution in [0.3, 0.4) is 0 Å². The number of halogens is 1. The summed E-state index contributed by atoms with van der Waals surface area (Å²) in [5, 5.41) is 4.36. The number of pyridine rings is 1. The molecule has 0 bridgehead atoms. The van der Waals surface area contributed by atoms with Crippen LogP contribution in [-0.2, 0) is 25.8 Å². The minimum atomic E-state index is -0.304. The van der Waals surface area contributed by atoms with Gasteiger partial charge in [-0.1, -0.05) is 24.3 Å². The Kier molecular flexibility index (Phi) is 5.61. The standard InChI is InChI=1S/C24H23FN4OS/c25-20-7-2-1-5-16(20)14-29-15-28-23-22(24(29)30)19-9-8-18(13-21(19)31-23)27-12-10-17-6-3-4-11-26-17/h1-7,11,15,18,27H,8-10,12-14H2/t18-/m0/s1. The van der Waals surface area contributed by atoms with Crippen molar-refractivity contribution in [2.24, 2.45) is 0 Å². The summed E-state index contributed by atoms with van der Waals surface area (Å²) in [5.41, 5.74) is 2.63. The van der Waals surface area contributed by atoms with E-state index in [1.165, 1.54) is 15.5 Å². The summed E-state index contributed by atoms with van der Waals surface area (Å²) in [6.45, 7) is 1.08. The molecule has 5 nitrogen and oxygen atoms in total. The van der Waals surface area contributed by atoms with Crippen LogP contribution in [0.4, 0.5) is 4.39 Å². The molecule has 3 heterocycles. The SMILES string of the molecule is O=c1c2c3c(sc2ncn1Cc1ccccc1F)C[C@@H](NCCc1ccccn1)CC3. The van der Waals surface area contributed by atoms with Crippen molar-refractivity contribution in [3.05, 3.63) is 92.9 Å². The average Bonchev–Trinajstić information content (AvgIpc) is 3.16. The van der Waals surface area contributed by atoms with E-state index in [0.717, 1.165) is 48.3 Å². The summed E-state index contributed by atoms with van der Waals surface area (Å²) in [6.07, 6.45) is 7.03. The molecule has 0 aliphatic heterocycles. The van der Waals surface area contributed by atoms with Crippen molar-refractivity contribution >= 4 is 21.6 Å². The summed E-state index contributed by atoms with van der Waals surface area (Å²) in [6, 6.07) is 12.9. The quantitative estimate of drug-likeness (QED) is 0.502. The highest BCUT2D eigenvalue weighted by atomic mass is 32.1. The lowest BCUT2D eigenvalue weighted by Crippen LogP contribution is -2.35. The van der Waals surface area contributed by atoms with Crippen LogP contribution in [0.5, 0.6) is 0 Å². The maximum atomic E-state index is 14.0. The van der Waals surface area contributed by atoms with Gasteiger partial charge >= 0.3 is 0 Å². The number of nitrogens with zero attached hydrogens (tertiary/aromatic N) is 3. The van der Waals surface area contributed by atoms with Gasteiger partial charge in [0.2, 0.25) is 0 Å². The van der Waals surface area contributed by atoms with Crippen molar-refractivity contribution in [1.82, 2.24) is 19.9 Å². The molecule has 0 amide bonds. The van der Waals surface area contributed by atoms with Crippen molar-refractivity contribution in [3.63, 3.8) is 0 Å². The molecule has 0 radical (unpaired) electrons. The normalized spacial score (nSPS) is 15.8. The van der Waals surface area contributed by atoms with Gasteiger partial charge in [-0.25, -0.2) is 9.37 Å². The van der Waals surface area contributed by atoms with Crippen LogP contribution in [0.1, 0.15) is 28.1 Å². The molecular formula is C24H23FN4OS. The number of benzene rings is 1. The van der Waals surface area contributed by atoms with Gasteiger partial charge in [-0.15, -0.1) is 11.3 Å². The molecule has 3 aromatic heterocycles. The van der Waals surface area contributed by atoms with E-state index in [9.17, 15) is 9.18 Å². The Hall–Kier alpha value is -2.90. The fourth-order valence-electron chi connectivity index (χ4n) is 4.25. The molecule has 0 unspecified atom stereocenters. The molecule has 1 N–H and O–H groups in total. The van der Waals surface area contributed by atoms with E-state index in [0.29, 0.717) is 17.0 Å². The number of aryl methyl sites for hydroxylation is 1. The van der Waals surface area contributed by atoms with Gasteiger partial charge in [0.15, 0.2) is 0 Å². The molecule has 158 valence electrons. The third-order valence-electron chi connectivity index (χ3n) is 5.87. The van der Waals surface area contributed by atoms with Crippen LogP contribution in [0, 0.1) is 5.82 Å². The Bertz CT molecular complexity index is 1270. The molecule has 4 aromatic rings. The Labute approximate surface area is 183 Å². The smallest absolute Gasteiger partial charge is 0.262 e. The summed E-state index contributed by atoms with van der Waals surface area (Å²) in [4.78, 5) is 24.1. The van der Waals surface area contributed by atoms with Gasteiger partial charge in [-0.05, 0) is 43.0 Å². The molecule has 0 saturated carbocycles. The lowest BCUT2D eigenvalue weighted by Gasteiger charge is -2.23. The van der Waals surface area contributed by atoms with E-state index >= 15 is 0 Å². The van der Waals surface area contributed by atoms with Crippen LogP contribution >= 0.6 is 11.3 Å². The lowest BCUT2D eigenvalue weighted by atomic mass is 9.93.